The third-order valence-corrected chi connectivity index (χ3v) is 5.94. The zero-order chi connectivity index (χ0) is 18.1. The van der Waals surface area contributed by atoms with E-state index in [-0.39, 0.29) is 12.7 Å². The zero-order valence-corrected chi connectivity index (χ0v) is 15.6. The van der Waals surface area contributed by atoms with Gasteiger partial charge < -0.3 is 19.1 Å². The lowest BCUT2D eigenvalue weighted by Crippen LogP contribution is -2.33. The number of aryl methyl sites for hydroxylation is 1. The maximum atomic E-state index is 12.9. The molecule has 0 aliphatic carbocycles. The lowest BCUT2D eigenvalue weighted by molar-refractivity contribution is 0.0763. The van der Waals surface area contributed by atoms with Gasteiger partial charge in [-0.25, -0.2) is 0 Å². The van der Waals surface area contributed by atoms with E-state index in [9.17, 15) is 4.79 Å². The number of hydrogen-bond acceptors (Lipinski definition) is 6. The number of carbonyl (C=O) groups is 1. The maximum absolute atomic E-state index is 12.9. The van der Waals surface area contributed by atoms with Gasteiger partial charge in [0.2, 0.25) is 12.7 Å². The van der Waals surface area contributed by atoms with Gasteiger partial charge in [-0.05, 0) is 24.1 Å². The molecule has 8 heteroatoms. The number of rotatable bonds is 3. The van der Waals surface area contributed by atoms with Gasteiger partial charge in [-0.2, -0.15) is 11.8 Å². The Morgan fingerprint density at radius 1 is 1.31 bits per heavy atom. The summed E-state index contributed by atoms with van der Waals surface area (Å²) < 4.78 is 17.7. The summed E-state index contributed by atoms with van der Waals surface area (Å²) in [5.74, 6) is 2.84. The average molecular weight is 375 g/mol. The molecule has 4 rings (SSSR count). The minimum Gasteiger partial charge on any atom is -0.479 e. The van der Waals surface area contributed by atoms with E-state index < -0.39 is 0 Å². The first-order chi connectivity index (χ1) is 12.7. The highest BCUT2D eigenvalue weighted by atomic mass is 32.2. The molecule has 2 aromatic rings. The van der Waals surface area contributed by atoms with Crippen molar-refractivity contribution in [2.24, 2.45) is 7.05 Å². The molecule has 1 aromatic heterocycles. The Morgan fingerprint density at radius 3 is 3.00 bits per heavy atom. The first kappa shape index (κ1) is 17.1. The van der Waals surface area contributed by atoms with Crippen LogP contribution in [-0.4, -0.2) is 53.3 Å². The van der Waals surface area contributed by atoms with Crippen LogP contribution in [0, 0.1) is 0 Å². The molecule has 1 atom stereocenters. The van der Waals surface area contributed by atoms with Gasteiger partial charge in [0.15, 0.2) is 11.5 Å². The molecular formula is C18H21N3O4S. The number of benzene rings is 1. The fraction of sp³-hybridized carbons (Fsp3) is 0.444. The van der Waals surface area contributed by atoms with Gasteiger partial charge in [0.1, 0.15) is 5.56 Å². The van der Waals surface area contributed by atoms with Crippen molar-refractivity contribution in [2.45, 2.75) is 11.7 Å². The highest BCUT2D eigenvalue weighted by Crippen LogP contribution is 2.40. The summed E-state index contributed by atoms with van der Waals surface area (Å²) in [4.78, 5) is 14.8. The molecule has 0 radical (unpaired) electrons. The Bertz CT molecular complexity index is 823. The fourth-order valence-electron chi connectivity index (χ4n) is 3.29. The molecule has 1 aromatic carbocycles. The van der Waals surface area contributed by atoms with E-state index in [1.165, 1.54) is 12.7 Å². The van der Waals surface area contributed by atoms with Crippen LogP contribution in [0.25, 0.3) is 0 Å². The Kier molecular flexibility index (Phi) is 4.67. The summed E-state index contributed by atoms with van der Waals surface area (Å²) in [6.07, 6.45) is 2.60. The van der Waals surface area contributed by atoms with Crippen LogP contribution >= 0.6 is 11.8 Å². The highest BCUT2D eigenvalue weighted by molar-refractivity contribution is 7.99. The molecule has 0 spiro atoms. The molecule has 2 aliphatic rings. The number of thioether (sulfide) groups is 1. The number of carbonyl (C=O) groups excluding carboxylic acids is 1. The summed E-state index contributed by atoms with van der Waals surface area (Å²) in [6.45, 7) is 1.69. The van der Waals surface area contributed by atoms with Crippen molar-refractivity contribution in [1.82, 2.24) is 14.7 Å². The number of methoxy groups -OCH3 is 1. The lowest BCUT2D eigenvalue weighted by Gasteiger charge is -2.20. The molecular weight excluding hydrogens is 354 g/mol. The summed E-state index contributed by atoms with van der Waals surface area (Å²) >= 11 is 1.87. The zero-order valence-electron chi connectivity index (χ0n) is 14.8. The normalized spacial score (nSPS) is 19.3. The first-order valence-electron chi connectivity index (χ1n) is 8.54. The summed E-state index contributed by atoms with van der Waals surface area (Å²) in [6, 6.07) is 6.11. The van der Waals surface area contributed by atoms with E-state index in [1.807, 2.05) is 22.7 Å². The standard InChI is InChI=1S/C18H21N3O4S/c1-20-10-13(17(19-20)23-2)18(22)21-6-5-16(26-8-7-21)12-3-4-14-15(9-12)25-11-24-14/h3-4,9-10,16H,5-8,11H2,1-2H3. The van der Waals surface area contributed by atoms with Gasteiger partial charge in [0.25, 0.3) is 5.91 Å². The number of ether oxygens (including phenoxy) is 3. The number of fused-ring (bicyclic) bond motifs is 1. The van der Waals surface area contributed by atoms with Crippen molar-refractivity contribution >= 4 is 17.7 Å². The molecule has 1 amide bonds. The third kappa shape index (κ3) is 3.21. The predicted octanol–water partition coefficient (Wildman–Crippen LogP) is 2.48. The Balaban J connectivity index is 1.47. The van der Waals surface area contributed by atoms with Gasteiger partial charge in [0, 0.05) is 37.3 Å². The molecule has 1 fully saturated rings. The summed E-state index contributed by atoms with van der Waals surface area (Å²) in [5.41, 5.74) is 1.73. The molecule has 2 aliphatic heterocycles. The second-order valence-electron chi connectivity index (χ2n) is 6.28. The van der Waals surface area contributed by atoms with Crippen LogP contribution in [0.2, 0.25) is 0 Å². The van der Waals surface area contributed by atoms with Gasteiger partial charge in [-0.3, -0.25) is 9.48 Å². The van der Waals surface area contributed by atoms with E-state index in [0.29, 0.717) is 29.8 Å². The van der Waals surface area contributed by atoms with Crippen LogP contribution in [0.1, 0.15) is 27.6 Å². The van der Waals surface area contributed by atoms with Gasteiger partial charge in [-0.1, -0.05) is 6.07 Å². The Morgan fingerprint density at radius 2 is 2.15 bits per heavy atom. The average Bonchev–Trinajstić information content (AvgIpc) is 3.19. The van der Waals surface area contributed by atoms with Crippen molar-refractivity contribution in [1.29, 1.82) is 0 Å². The highest BCUT2D eigenvalue weighted by Gasteiger charge is 2.27. The summed E-state index contributed by atoms with van der Waals surface area (Å²) in [7, 11) is 3.32. The van der Waals surface area contributed by atoms with Crippen LogP contribution in [0.4, 0.5) is 0 Å². The molecule has 0 saturated carbocycles. The largest absolute Gasteiger partial charge is 0.479 e. The van der Waals surface area contributed by atoms with Crippen molar-refractivity contribution < 1.29 is 19.0 Å². The molecule has 1 unspecified atom stereocenters. The van der Waals surface area contributed by atoms with E-state index in [2.05, 4.69) is 17.2 Å². The van der Waals surface area contributed by atoms with Gasteiger partial charge in [0.05, 0.1) is 7.11 Å². The number of aromatic nitrogens is 2. The SMILES string of the molecule is COc1nn(C)cc1C(=O)N1CCSC(c2ccc3c(c2)OCO3)CC1. The smallest absolute Gasteiger partial charge is 0.261 e. The molecule has 0 bridgehead atoms. The van der Waals surface area contributed by atoms with Crippen molar-refractivity contribution in [3.63, 3.8) is 0 Å². The van der Waals surface area contributed by atoms with Crippen LogP contribution < -0.4 is 14.2 Å². The Hall–Kier alpha value is -2.35. The minimum atomic E-state index is -0.0260. The number of amides is 1. The summed E-state index contributed by atoms with van der Waals surface area (Å²) in [5, 5.41) is 4.51. The second kappa shape index (κ2) is 7.11. The number of hydrogen-bond donors (Lipinski definition) is 0. The molecule has 3 heterocycles. The van der Waals surface area contributed by atoms with Gasteiger partial charge in [-0.15, -0.1) is 5.10 Å². The van der Waals surface area contributed by atoms with E-state index in [0.717, 1.165) is 23.7 Å². The molecule has 26 heavy (non-hydrogen) atoms. The predicted molar refractivity (Wildman–Crippen MR) is 98.0 cm³/mol. The van der Waals surface area contributed by atoms with Crippen LogP contribution in [0.15, 0.2) is 24.4 Å². The molecule has 138 valence electrons. The fourth-order valence-corrected chi connectivity index (χ4v) is 4.51. The molecule has 1 saturated heterocycles. The van der Waals surface area contributed by atoms with Crippen molar-refractivity contribution in [3.05, 3.63) is 35.5 Å². The van der Waals surface area contributed by atoms with Crippen molar-refractivity contribution in [3.8, 4) is 17.4 Å². The number of nitrogens with zero attached hydrogens (tertiary/aromatic N) is 3. The first-order valence-corrected chi connectivity index (χ1v) is 9.58. The third-order valence-electron chi connectivity index (χ3n) is 4.62. The van der Waals surface area contributed by atoms with E-state index >= 15 is 0 Å². The van der Waals surface area contributed by atoms with Crippen LogP contribution in [-0.2, 0) is 7.05 Å². The van der Waals surface area contributed by atoms with Gasteiger partial charge >= 0.3 is 0 Å². The minimum absolute atomic E-state index is 0.0260. The van der Waals surface area contributed by atoms with E-state index in [4.69, 9.17) is 14.2 Å². The molecule has 7 nitrogen and oxygen atoms in total. The molecule has 0 N–H and O–H groups in total. The van der Waals surface area contributed by atoms with E-state index in [1.54, 1.807) is 17.9 Å². The lowest BCUT2D eigenvalue weighted by atomic mass is 10.1. The second-order valence-corrected chi connectivity index (χ2v) is 7.59. The van der Waals surface area contributed by atoms with Crippen LogP contribution in [0.3, 0.4) is 0 Å². The van der Waals surface area contributed by atoms with Crippen LogP contribution in [0.5, 0.6) is 17.4 Å². The topological polar surface area (TPSA) is 65.8 Å². The Labute approximate surface area is 156 Å². The maximum Gasteiger partial charge on any atom is 0.261 e. The monoisotopic (exact) mass is 375 g/mol. The quantitative estimate of drug-likeness (QED) is 0.821. The van der Waals surface area contributed by atoms with Crippen molar-refractivity contribution in [2.75, 3.05) is 32.7 Å².